The number of hydrogen-bond acceptors (Lipinski definition) is 3. The lowest BCUT2D eigenvalue weighted by Gasteiger charge is -2.19. The normalized spacial score (nSPS) is 11.6. The van der Waals surface area contributed by atoms with Crippen LogP contribution >= 0.6 is 12.2 Å². The maximum absolute atomic E-state index is 5.24. The highest BCUT2D eigenvalue weighted by Gasteiger charge is 2.16. The van der Waals surface area contributed by atoms with Gasteiger partial charge in [0.05, 0.1) is 0 Å². The van der Waals surface area contributed by atoms with E-state index in [4.69, 9.17) is 12.2 Å². The molecule has 2 heterocycles. The Hall–Kier alpha value is -1.55. The summed E-state index contributed by atoms with van der Waals surface area (Å²) in [5.74, 6) is 0.741. The molecule has 0 bridgehead atoms. The minimum Gasteiger partial charge on any atom is -0.341 e. The quantitative estimate of drug-likeness (QED) is 0.792. The lowest BCUT2D eigenvalue weighted by atomic mass is 9.92. The largest absolute Gasteiger partial charge is 0.341 e. The second-order valence-electron chi connectivity index (χ2n) is 5.40. The van der Waals surface area contributed by atoms with Gasteiger partial charge in [-0.3, -0.25) is 4.98 Å². The molecule has 0 aliphatic heterocycles. The predicted molar refractivity (Wildman–Crippen MR) is 76.1 cm³/mol. The molecule has 4 heteroatoms. The molecule has 0 unspecified atom stereocenters. The van der Waals surface area contributed by atoms with Crippen LogP contribution in [0.5, 0.6) is 0 Å². The van der Waals surface area contributed by atoms with Crippen molar-refractivity contribution >= 4 is 12.2 Å². The SMILES string of the molecule is Cc1cccnc1-c1nc(=S)cc(C(C)(C)C)[nH]1. The van der Waals surface area contributed by atoms with E-state index in [1.807, 2.05) is 25.1 Å². The average Bonchev–Trinajstić information content (AvgIpc) is 2.27. The number of rotatable bonds is 1. The monoisotopic (exact) mass is 259 g/mol. The molecular weight excluding hydrogens is 242 g/mol. The average molecular weight is 259 g/mol. The summed E-state index contributed by atoms with van der Waals surface area (Å²) in [5, 5.41) is 0. The van der Waals surface area contributed by atoms with Crippen LogP contribution in [0.1, 0.15) is 32.0 Å². The van der Waals surface area contributed by atoms with E-state index >= 15 is 0 Å². The van der Waals surface area contributed by atoms with Crippen LogP contribution in [-0.2, 0) is 5.41 Å². The van der Waals surface area contributed by atoms with Crippen molar-refractivity contribution in [1.29, 1.82) is 0 Å². The van der Waals surface area contributed by atoms with Gasteiger partial charge in [-0.05, 0) is 24.6 Å². The van der Waals surface area contributed by atoms with Gasteiger partial charge in [-0.2, -0.15) is 0 Å². The van der Waals surface area contributed by atoms with E-state index in [0.717, 1.165) is 22.8 Å². The zero-order valence-electron chi connectivity index (χ0n) is 11.1. The molecule has 2 rings (SSSR count). The molecule has 0 amide bonds. The summed E-state index contributed by atoms with van der Waals surface area (Å²) in [6.45, 7) is 8.44. The van der Waals surface area contributed by atoms with Crippen LogP contribution in [0.4, 0.5) is 0 Å². The van der Waals surface area contributed by atoms with Gasteiger partial charge >= 0.3 is 0 Å². The third-order valence-electron chi connectivity index (χ3n) is 2.78. The van der Waals surface area contributed by atoms with Gasteiger partial charge in [0.25, 0.3) is 0 Å². The standard InChI is InChI=1S/C14H17N3S/c1-9-6-5-7-15-12(9)13-16-10(14(2,3)4)8-11(18)17-13/h5-8H,1-4H3,(H,16,17,18). The molecular formula is C14H17N3S. The molecule has 3 nitrogen and oxygen atoms in total. The van der Waals surface area contributed by atoms with Crippen LogP contribution < -0.4 is 0 Å². The Morgan fingerprint density at radius 3 is 2.61 bits per heavy atom. The number of aromatic amines is 1. The van der Waals surface area contributed by atoms with Gasteiger partial charge in [0, 0.05) is 17.3 Å². The molecule has 18 heavy (non-hydrogen) atoms. The molecule has 0 aromatic carbocycles. The number of pyridine rings is 1. The van der Waals surface area contributed by atoms with E-state index in [-0.39, 0.29) is 5.41 Å². The van der Waals surface area contributed by atoms with Crippen LogP contribution in [0.25, 0.3) is 11.5 Å². The van der Waals surface area contributed by atoms with Crippen LogP contribution in [-0.4, -0.2) is 15.0 Å². The number of hydrogen-bond donors (Lipinski definition) is 1. The fourth-order valence-electron chi connectivity index (χ4n) is 1.71. The molecule has 2 aromatic rings. The number of aromatic nitrogens is 3. The van der Waals surface area contributed by atoms with E-state index in [0.29, 0.717) is 4.64 Å². The Morgan fingerprint density at radius 1 is 1.28 bits per heavy atom. The topological polar surface area (TPSA) is 41.6 Å². The zero-order chi connectivity index (χ0) is 13.3. The Kier molecular flexibility index (Phi) is 3.30. The van der Waals surface area contributed by atoms with Crippen molar-refractivity contribution in [2.45, 2.75) is 33.1 Å². The van der Waals surface area contributed by atoms with Crippen LogP contribution in [0.15, 0.2) is 24.4 Å². The van der Waals surface area contributed by atoms with Gasteiger partial charge in [0.15, 0.2) is 5.82 Å². The third kappa shape index (κ3) is 2.64. The zero-order valence-corrected chi connectivity index (χ0v) is 11.9. The third-order valence-corrected chi connectivity index (χ3v) is 2.99. The van der Waals surface area contributed by atoms with Gasteiger partial charge in [0.2, 0.25) is 0 Å². The first-order valence-electron chi connectivity index (χ1n) is 5.92. The first-order valence-corrected chi connectivity index (χ1v) is 6.32. The maximum atomic E-state index is 5.24. The van der Waals surface area contributed by atoms with Crippen LogP contribution in [0.3, 0.4) is 0 Å². The second-order valence-corrected chi connectivity index (χ2v) is 5.82. The minimum atomic E-state index is 0.00787. The van der Waals surface area contributed by atoms with E-state index in [1.165, 1.54) is 0 Å². The summed E-state index contributed by atoms with van der Waals surface area (Å²) in [6.07, 6.45) is 1.77. The highest BCUT2D eigenvalue weighted by Crippen LogP contribution is 2.23. The highest BCUT2D eigenvalue weighted by molar-refractivity contribution is 7.71. The van der Waals surface area contributed by atoms with Crippen molar-refractivity contribution in [2.75, 3.05) is 0 Å². The van der Waals surface area contributed by atoms with Crippen molar-refractivity contribution in [3.8, 4) is 11.5 Å². The summed E-state index contributed by atoms with van der Waals surface area (Å²) in [6, 6.07) is 5.85. The number of aryl methyl sites for hydroxylation is 1. The molecule has 0 fully saturated rings. The maximum Gasteiger partial charge on any atom is 0.158 e. The lowest BCUT2D eigenvalue weighted by molar-refractivity contribution is 0.567. The molecule has 0 saturated carbocycles. The number of nitrogens with zero attached hydrogens (tertiary/aromatic N) is 2. The minimum absolute atomic E-state index is 0.00787. The smallest absolute Gasteiger partial charge is 0.158 e. The molecule has 0 atom stereocenters. The Balaban J connectivity index is 2.63. The Bertz CT molecular complexity index is 623. The van der Waals surface area contributed by atoms with Gasteiger partial charge in [-0.1, -0.05) is 39.1 Å². The molecule has 0 aliphatic carbocycles. The molecule has 2 aromatic heterocycles. The van der Waals surface area contributed by atoms with E-state index in [2.05, 4.69) is 35.7 Å². The van der Waals surface area contributed by atoms with Crippen LogP contribution in [0.2, 0.25) is 0 Å². The molecule has 0 radical (unpaired) electrons. The number of nitrogens with one attached hydrogen (secondary N) is 1. The fraction of sp³-hybridized carbons (Fsp3) is 0.357. The first-order chi connectivity index (χ1) is 8.38. The van der Waals surface area contributed by atoms with E-state index in [1.54, 1.807) is 6.20 Å². The van der Waals surface area contributed by atoms with Gasteiger partial charge in [-0.15, -0.1) is 0 Å². The second kappa shape index (κ2) is 4.61. The fourth-order valence-corrected chi connectivity index (χ4v) is 1.92. The van der Waals surface area contributed by atoms with E-state index < -0.39 is 0 Å². The summed E-state index contributed by atoms with van der Waals surface area (Å²) in [4.78, 5) is 12.1. The lowest BCUT2D eigenvalue weighted by Crippen LogP contribution is -2.14. The van der Waals surface area contributed by atoms with Crippen molar-refractivity contribution < 1.29 is 0 Å². The van der Waals surface area contributed by atoms with Crippen molar-refractivity contribution in [3.05, 3.63) is 40.3 Å². The Morgan fingerprint density at radius 2 is 2.00 bits per heavy atom. The van der Waals surface area contributed by atoms with Crippen molar-refractivity contribution in [3.63, 3.8) is 0 Å². The van der Waals surface area contributed by atoms with Gasteiger partial charge in [0.1, 0.15) is 10.3 Å². The number of H-pyrrole nitrogens is 1. The molecule has 0 aliphatic rings. The summed E-state index contributed by atoms with van der Waals surface area (Å²) >= 11 is 5.24. The summed E-state index contributed by atoms with van der Waals surface area (Å²) < 4.78 is 0.596. The Labute approximate surface area is 112 Å². The van der Waals surface area contributed by atoms with Gasteiger partial charge in [-0.25, -0.2) is 4.98 Å². The summed E-state index contributed by atoms with van der Waals surface area (Å²) in [7, 11) is 0. The molecule has 1 N–H and O–H groups in total. The van der Waals surface area contributed by atoms with Crippen LogP contribution in [0, 0.1) is 11.6 Å². The molecule has 0 saturated heterocycles. The highest BCUT2D eigenvalue weighted by atomic mass is 32.1. The molecule has 94 valence electrons. The van der Waals surface area contributed by atoms with Crippen molar-refractivity contribution in [1.82, 2.24) is 15.0 Å². The first kappa shape index (κ1) is 12.9. The van der Waals surface area contributed by atoms with E-state index in [9.17, 15) is 0 Å². The predicted octanol–water partition coefficient (Wildman–Crippen LogP) is 3.81. The molecule has 0 spiro atoms. The van der Waals surface area contributed by atoms with Crippen molar-refractivity contribution in [2.24, 2.45) is 0 Å². The van der Waals surface area contributed by atoms with Gasteiger partial charge < -0.3 is 4.98 Å². The summed E-state index contributed by atoms with van der Waals surface area (Å²) in [5.41, 5.74) is 3.02.